The van der Waals surface area contributed by atoms with Crippen molar-refractivity contribution in [3.63, 3.8) is 0 Å². The molecule has 0 spiro atoms. The zero-order valence-electron chi connectivity index (χ0n) is 7.28. The molecule has 4 heteroatoms. The van der Waals surface area contributed by atoms with Crippen molar-refractivity contribution in [2.45, 2.75) is 13.8 Å². The number of rotatable bonds is 0. The Morgan fingerprint density at radius 3 is 2.85 bits per heavy atom. The zero-order valence-corrected chi connectivity index (χ0v) is 9.44. The summed E-state index contributed by atoms with van der Waals surface area (Å²) in [4.78, 5) is 0. The Kier molecular flexibility index (Phi) is 2.02. The Morgan fingerprint density at radius 2 is 2.15 bits per heavy atom. The number of hydrogen-bond acceptors (Lipinski definition) is 1. The molecule has 0 amide bonds. The van der Waals surface area contributed by atoms with Gasteiger partial charge < -0.3 is 0 Å². The normalized spacial score (nSPS) is 11.1. The van der Waals surface area contributed by atoms with Crippen LogP contribution >= 0.6 is 22.6 Å². The van der Waals surface area contributed by atoms with Gasteiger partial charge in [0.1, 0.15) is 0 Å². The van der Waals surface area contributed by atoms with Gasteiger partial charge in [-0.1, -0.05) is 0 Å². The van der Waals surface area contributed by atoms with Crippen molar-refractivity contribution in [2.24, 2.45) is 0 Å². The van der Waals surface area contributed by atoms with Crippen LogP contribution in [0.5, 0.6) is 0 Å². The third-order valence-electron chi connectivity index (χ3n) is 2.27. The number of halogens is 2. The Bertz CT molecular complexity index is 476. The molecule has 0 saturated carbocycles. The van der Waals surface area contributed by atoms with Gasteiger partial charge in [0.2, 0.25) is 5.95 Å². The van der Waals surface area contributed by atoms with Crippen LogP contribution in [0.15, 0.2) is 6.07 Å². The second kappa shape index (κ2) is 2.94. The number of nitrogens with one attached hydrogen (secondary N) is 1. The molecule has 0 atom stereocenters. The van der Waals surface area contributed by atoms with Crippen LogP contribution in [-0.4, -0.2) is 10.2 Å². The zero-order chi connectivity index (χ0) is 9.59. The molecule has 0 aliphatic rings. The molecule has 1 heterocycles. The summed E-state index contributed by atoms with van der Waals surface area (Å²) in [6.07, 6.45) is 0. The molecule has 0 bridgehead atoms. The highest BCUT2D eigenvalue weighted by atomic mass is 127. The lowest BCUT2D eigenvalue weighted by molar-refractivity contribution is 0.587. The average Bonchev–Trinajstić information content (AvgIpc) is 2.44. The molecule has 2 aromatic rings. The quantitative estimate of drug-likeness (QED) is 0.742. The largest absolute Gasteiger partial charge is 0.274 e. The van der Waals surface area contributed by atoms with Gasteiger partial charge >= 0.3 is 0 Å². The molecule has 0 unspecified atom stereocenters. The molecule has 13 heavy (non-hydrogen) atoms. The highest BCUT2D eigenvalue weighted by Gasteiger charge is 2.11. The summed E-state index contributed by atoms with van der Waals surface area (Å²) in [5, 5.41) is 6.87. The maximum Gasteiger partial charge on any atom is 0.240 e. The van der Waals surface area contributed by atoms with Gasteiger partial charge in [0.25, 0.3) is 0 Å². The van der Waals surface area contributed by atoms with E-state index in [4.69, 9.17) is 0 Å². The molecule has 68 valence electrons. The number of aryl methyl sites for hydroxylation is 2. The number of fused-ring (bicyclic) bond motifs is 1. The first kappa shape index (κ1) is 8.93. The maximum atomic E-state index is 13.2. The van der Waals surface area contributed by atoms with Crippen LogP contribution in [0.25, 0.3) is 10.9 Å². The fraction of sp³-hybridized carbons (Fsp3) is 0.222. The van der Waals surface area contributed by atoms with Gasteiger partial charge in [0.05, 0.1) is 10.9 Å². The Balaban J connectivity index is 3.00. The van der Waals surface area contributed by atoms with E-state index in [9.17, 15) is 4.39 Å². The van der Waals surface area contributed by atoms with Gasteiger partial charge in [-0.2, -0.15) is 4.39 Å². The summed E-state index contributed by atoms with van der Waals surface area (Å²) in [7, 11) is 0. The van der Waals surface area contributed by atoms with Crippen molar-refractivity contribution in [2.75, 3.05) is 0 Å². The van der Waals surface area contributed by atoms with Gasteiger partial charge in [0.15, 0.2) is 0 Å². The lowest BCUT2D eigenvalue weighted by Gasteiger charge is -2.02. The summed E-state index contributed by atoms with van der Waals surface area (Å²) in [5.74, 6) is -0.408. The minimum Gasteiger partial charge on any atom is -0.274 e. The summed E-state index contributed by atoms with van der Waals surface area (Å²) in [6.45, 7) is 3.88. The van der Waals surface area contributed by atoms with E-state index in [0.29, 0.717) is 5.39 Å². The molecule has 2 nitrogen and oxygen atoms in total. The molecule has 0 radical (unpaired) electrons. The standard InChI is InChI=1S/C9H8FIN2/c1-4-3-6(11)8-7(5(4)2)9(10)13-12-8/h3H,1-2H3,(H,12,13). The highest BCUT2D eigenvalue weighted by molar-refractivity contribution is 14.1. The second-order valence-electron chi connectivity index (χ2n) is 3.06. The van der Waals surface area contributed by atoms with Crippen LogP contribution in [0.3, 0.4) is 0 Å². The number of aromatic nitrogens is 2. The Labute approximate surface area is 88.7 Å². The number of hydrogen-bond donors (Lipinski definition) is 1. The van der Waals surface area contributed by atoms with Crippen LogP contribution in [-0.2, 0) is 0 Å². The van der Waals surface area contributed by atoms with Crippen LogP contribution in [0.2, 0.25) is 0 Å². The van der Waals surface area contributed by atoms with Crippen molar-refractivity contribution < 1.29 is 4.39 Å². The molecule has 0 aliphatic heterocycles. The Morgan fingerprint density at radius 1 is 1.46 bits per heavy atom. The first-order chi connectivity index (χ1) is 6.11. The molecular formula is C9H8FIN2. The number of nitrogens with zero attached hydrogens (tertiary/aromatic N) is 1. The SMILES string of the molecule is Cc1cc(I)c2[nH]nc(F)c2c1C. The molecule has 0 aliphatic carbocycles. The number of H-pyrrole nitrogens is 1. The maximum absolute atomic E-state index is 13.2. The van der Waals surface area contributed by atoms with Crippen LogP contribution in [0.4, 0.5) is 4.39 Å². The molecule has 1 aromatic carbocycles. The summed E-state index contributed by atoms with van der Waals surface area (Å²) in [5.41, 5.74) is 2.85. The third kappa shape index (κ3) is 1.23. The third-order valence-corrected chi connectivity index (χ3v) is 3.12. The van der Waals surface area contributed by atoms with Crippen molar-refractivity contribution >= 4 is 33.5 Å². The minimum atomic E-state index is -0.408. The smallest absolute Gasteiger partial charge is 0.240 e. The molecular weight excluding hydrogens is 282 g/mol. The van der Waals surface area contributed by atoms with Crippen LogP contribution < -0.4 is 0 Å². The van der Waals surface area contributed by atoms with E-state index in [1.54, 1.807) is 0 Å². The van der Waals surface area contributed by atoms with Gasteiger partial charge in [0, 0.05) is 3.57 Å². The topological polar surface area (TPSA) is 28.7 Å². The first-order valence-electron chi connectivity index (χ1n) is 3.90. The van der Waals surface area contributed by atoms with Crippen molar-refractivity contribution in [1.29, 1.82) is 0 Å². The van der Waals surface area contributed by atoms with E-state index >= 15 is 0 Å². The predicted molar refractivity (Wildman–Crippen MR) is 58.2 cm³/mol. The van der Waals surface area contributed by atoms with Crippen molar-refractivity contribution in [1.82, 2.24) is 10.2 Å². The summed E-state index contributed by atoms with van der Waals surface area (Å²) in [6, 6.07) is 2.02. The number of benzene rings is 1. The molecule has 1 aromatic heterocycles. The van der Waals surface area contributed by atoms with Crippen molar-refractivity contribution in [3.05, 3.63) is 26.7 Å². The van der Waals surface area contributed by atoms with Gasteiger partial charge in [-0.3, -0.25) is 5.10 Å². The van der Waals surface area contributed by atoms with Crippen LogP contribution in [0, 0.1) is 23.4 Å². The second-order valence-corrected chi connectivity index (χ2v) is 4.23. The van der Waals surface area contributed by atoms with E-state index in [0.717, 1.165) is 20.2 Å². The lowest BCUT2D eigenvalue weighted by atomic mass is 10.1. The van der Waals surface area contributed by atoms with Crippen LogP contribution in [0.1, 0.15) is 11.1 Å². The van der Waals surface area contributed by atoms with Gasteiger partial charge in [-0.15, -0.1) is 5.10 Å². The molecule has 0 fully saturated rings. The monoisotopic (exact) mass is 290 g/mol. The molecule has 1 N–H and O–H groups in total. The highest BCUT2D eigenvalue weighted by Crippen LogP contribution is 2.26. The van der Waals surface area contributed by atoms with Crippen molar-refractivity contribution in [3.8, 4) is 0 Å². The van der Waals surface area contributed by atoms with E-state index in [1.165, 1.54) is 0 Å². The average molecular weight is 290 g/mol. The minimum absolute atomic E-state index is 0.408. The molecule has 0 saturated heterocycles. The van der Waals surface area contributed by atoms with Gasteiger partial charge in [-0.25, -0.2) is 0 Å². The van der Waals surface area contributed by atoms with Gasteiger partial charge in [-0.05, 0) is 53.6 Å². The summed E-state index contributed by atoms with van der Waals surface area (Å²) >= 11 is 2.18. The Hall–Kier alpha value is -0.650. The molecule has 2 rings (SSSR count). The van der Waals surface area contributed by atoms with E-state index < -0.39 is 5.95 Å². The fourth-order valence-electron chi connectivity index (χ4n) is 1.40. The van der Waals surface area contributed by atoms with E-state index in [1.807, 2.05) is 19.9 Å². The lowest BCUT2D eigenvalue weighted by Crippen LogP contribution is -1.86. The fourth-order valence-corrected chi connectivity index (χ4v) is 2.26. The predicted octanol–water partition coefficient (Wildman–Crippen LogP) is 2.92. The number of aromatic amines is 1. The van der Waals surface area contributed by atoms with E-state index in [2.05, 4.69) is 32.8 Å². The first-order valence-corrected chi connectivity index (χ1v) is 4.98. The summed E-state index contributed by atoms with van der Waals surface area (Å²) < 4.78 is 14.2. The van der Waals surface area contributed by atoms with E-state index in [-0.39, 0.29) is 0 Å².